The Balaban J connectivity index is 3.97. The van der Waals surface area contributed by atoms with E-state index < -0.39 is 18.7 Å². The summed E-state index contributed by atoms with van der Waals surface area (Å²) in [5.41, 5.74) is 0. The summed E-state index contributed by atoms with van der Waals surface area (Å²) < 4.78 is 5.16. The van der Waals surface area contributed by atoms with E-state index in [0.29, 0.717) is 0 Å². The third kappa shape index (κ3) is 16.7. The number of aliphatic hydroxyl groups excluding tert-OH is 2. The quantitative estimate of drug-likeness (QED) is 0.228. The second-order valence-corrected chi connectivity index (χ2v) is 7.42. The molecule has 0 aromatic heterocycles. The molecule has 0 saturated carbocycles. The molecule has 0 fully saturated rings. The molecule has 6 nitrogen and oxygen atoms in total. The highest BCUT2D eigenvalue weighted by molar-refractivity contribution is 5.72. The molecule has 0 aliphatic heterocycles. The van der Waals surface area contributed by atoms with Crippen LogP contribution in [0.25, 0.3) is 0 Å². The smallest absolute Gasteiger partial charge is 0.309 e. The van der Waals surface area contributed by atoms with Gasteiger partial charge in [-0.25, -0.2) is 0 Å². The van der Waals surface area contributed by atoms with Gasteiger partial charge in [0.1, 0.15) is 12.7 Å². The molecule has 0 amide bonds. The molecule has 0 aliphatic rings. The van der Waals surface area contributed by atoms with Gasteiger partial charge < -0.3 is 20.1 Å². The van der Waals surface area contributed by atoms with Gasteiger partial charge in [-0.1, -0.05) is 71.1 Å². The maximum Gasteiger partial charge on any atom is 0.309 e. The van der Waals surface area contributed by atoms with Crippen molar-refractivity contribution in [2.45, 2.75) is 103 Å². The van der Waals surface area contributed by atoms with E-state index in [4.69, 9.17) is 14.9 Å². The molecule has 3 N–H and O–H groups in total. The molecule has 0 heterocycles. The molecule has 0 aromatic rings. The first kappa shape index (κ1) is 25.9. The van der Waals surface area contributed by atoms with E-state index in [1.54, 1.807) is 0 Å². The molecular formula is C21H40O6. The Bertz CT molecular complexity index is 372. The zero-order valence-electron chi connectivity index (χ0n) is 17.0. The topological polar surface area (TPSA) is 104 Å². The van der Waals surface area contributed by atoms with Crippen molar-refractivity contribution in [3.63, 3.8) is 0 Å². The highest BCUT2D eigenvalue weighted by atomic mass is 16.5. The van der Waals surface area contributed by atoms with Crippen molar-refractivity contribution in [2.75, 3.05) is 13.2 Å². The number of aliphatic carboxylic acids is 1. The first-order valence-corrected chi connectivity index (χ1v) is 10.7. The van der Waals surface area contributed by atoms with Gasteiger partial charge >= 0.3 is 11.9 Å². The molecule has 2 atom stereocenters. The standard InChI is InChI=1S/C21H40O6/c1-2-3-4-10-13-18(21(26)27-17-19(23)16-22)14-11-8-6-5-7-9-12-15-20(24)25/h18-19,22-23H,2-17H2,1H3,(H,24,25)/t18-,19+/m1/s1. The first-order chi connectivity index (χ1) is 13.0. The lowest BCUT2D eigenvalue weighted by Crippen LogP contribution is -2.25. The van der Waals surface area contributed by atoms with E-state index in [9.17, 15) is 14.7 Å². The first-order valence-electron chi connectivity index (χ1n) is 10.7. The number of hydrogen-bond acceptors (Lipinski definition) is 5. The van der Waals surface area contributed by atoms with Crippen LogP contribution in [0.2, 0.25) is 0 Å². The van der Waals surface area contributed by atoms with Crippen LogP contribution in [-0.4, -0.2) is 46.6 Å². The highest BCUT2D eigenvalue weighted by Gasteiger charge is 2.20. The van der Waals surface area contributed by atoms with Crippen LogP contribution < -0.4 is 0 Å². The van der Waals surface area contributed by atoms with Crippen molar-refractivity contribution in [3.05, 3.63) is 0 Å². The lowest BCUT2D eigenvalue weighted by Gasteiger charge is -2.17. The minimum atomic E-state index is -1.00. The number of carbonyl (C=O) groups excluding carboxylic acids is 1. The van der Waals surface area contributed by atoms with Gasteiger partial charge in [-0.2, -0.15) is 0 Å². The molecule has 0 bridgehead atoms. The summed E-state index contributed by atoms with van der Waals surface area (Å²) in [6.07, 6.45) is 12.4. The van der Waals surface area contributed by atoms with Gasteiger partial charge in [0.25, 0.3) is 0 Å². The fourth-order valence-corrected chi connectivity index (χ4v) is 3.10. The van der Waals surface area contributed by atoms with Gasteiger partial charge in [-0.05, 0) is 19.3 Å². The lowest BCUT2D eigenvalue weighted by atomic mass is 9.94. The minimum Gasteiger partial charge on any atom is -0.481 e. The summed E-state index contributed by atoms with van der Waals surface area (Å²) >= 11 is 0. The average molecular weight is 389 g/mol. The van der Waals surface area contributed by atoms with Crippen molar-refractivity contribution < 1.29 is 29.6 Å². The predicted octanol–water partition coefficient (Wildman–Crippen LogP) is 4.06. The number of unbranched alkanes of at least 4 members (excludes halogenated alkanes) is 9. The zero-order valence-corrected chi connectivity index (χ0v) is 17.0. The molecule has 0 radical (unpaired) electrons. The molecule has 0 aliphatic carbocycles. The predicted molar refractivity (Wildman–Crippen MR) is 105 cm³/mol. The van der Waals surface area contributed by atoms with Gasteiger partial charge in [0.05, 0.1) is 12.5 Å². The third-order valence-corrected chi connectivity index (χ3v) is 4.81. The maximum atomic E-state index is 12.3. The molecule has 0 spiro atoms. The molecule has 0 aromatic carbocycles. The molecule has 0 rings (SSSR count). The Morgan fingerprint density at radius 2 is 1.37 bits per heavy atom. The Morgan fingerprint density at radius 1 is 0.852 bits per heavy atom. The Hall–Kier alpha value is -1.14. The Morgan fingerprint density at radius 3 is 1.89 bits per heavy atom. The van der Waals surface area contributed by atoms with Crippen LogP contribution in [0.5, 0.6) is 0 Å². The number of esters is 1. The van der Waals surface area contributed by atoms with Crippen molar-refractivity contribution >= 4 is 11.9 Å². The number of ether oxygens (including phenoxy) is 1. The maximum absolute atomic E-state index is 12.3. The number of rotatable bonds is 19. The summed E-state index contributed by atoms with van der Waals surface area (Å²) in [6.45, 7) is 1.61. The summed E-state index contributed by atoms with van der Waals surface area (Å²) in [6, 6.07) is 0. The average Bonchev–Trinajstić information content (AvgIpc) is 2.65. The summed E-state index contributed by atoms with van der Waals surface area (Å²) in [5, 5.41) is 26.8. The van der Waals surface area contributed by atoms with Crippen molar-refractivity contribution in [1.29, 1.82) is 0 Å². The van der Waals surface area contributed by atoms with Crippen LogP contribution in [0.15, 0.2) is 0 Å². The normalized spacial score (nSPS) is 13.3. The van der Waals surface area contributed by atoms with Crippen LogP contribution in [0.4, 0.5) is 0 Å². The van der Waals surface area contributed by atoms with Gasteiger partial charge in [0.2, 0.25) is 0 Å². The summed E-state index contributed by atoms with van der Waals surface area (Å²) in [5.74, 6) is -1.10. The summed E-state index contributed by atoms with van der Waals surface area (Å²) in [7, 11) is 0. The Kier molecular flexibility index (Phi) is 17.5. The second-order valence-electron chi connectivity index (χ2n) is 7.42. The number of carboxylic acid groups (broad SMARTS) is 1. The molecule has 0 saturated heterocycles. The largest absolute Gasteiger partial charge is 0.481 e. The number of carboxylic acids is 1. The van der Waals surface area contributed by atoms with Gasteiger partial charge in [0, 0.05) is 6.42 Å². The van der Waals surface area contributed by atoms with Crippen LogP contribution >= 0.6 is 0 Å². The third-order valence-electron chi connectivity index (χ3n) is 4.81. The van der Waals surface area contributed by atoms with Crippen LogP contribution in [0.1, 0.15) is 96.8 Å². The fourth-order valence-electron chi connectivity index (χ4n) is 3.10. The van der Waals surface area contributed by atoms with E-state index in [1.807, 2.05) is 0 Å². The highest BCUT2D eigenvalue weighted by Crippen LogP contribution is 2.20. The van der Waals surface area contributed by atoms with Gasteiger partial charge in [0.15, 0.2) is 0 Å². The minimum absolute atomic E-state index is 0.122. The fraction of sp³-hybridized carbons (Fsp3) is 0.905. The van der Waals surface area contributed by atoms with Crippen LogP contribution in [0, 0.1) is 5.92 Å². The van der Waals surface area contributed by atoms with E-state index in [1.165, 1.54) is 6.42 Å². The van der Waals surface area contributed by atoms with E-state index in [-0.39, 0.29) is 24.9 Å². The van der Waals surface area contributed by atoms with Gasteiger partial charge in [-0.3, -0.25) is 9.59 Å². The number of aliphatic hydroxyl groups is 2. The SMILES string of the molecule is CCCCCC[C@H](CCCCCCCCCC(=O)O)C(=O)OC[C@@H](O)CO. The number of carbonyl (C=O) groups is 2. The zero-order chi connectivity index (χ0) is 20.3. The van der Waals surface area contributed by atoms with Gasteiger partial charge in [-0.15, -0.1) is 0 Å². The molecular weight excluding hydrogens is 348 g/mol. The molecule has 0 unspecified atom stereocenters. The van der Waals surface area contributed by atoms with E-state index in [2.05, 4.69) is 6.92 Å². The lowest BCUT2D eigenvalue weighted by molar-refractivity contribution is -0.152. The van der Waals surface area contributed by atoms with Crippen molar-refractivity contribution in [1.82, 2.24) is 0 Å². The van der Waals surface area contributed by atoms with E-state index in [0.717, 1.165) is 77.0 Å². The molecule has 6 heteroatoms. The Labute approximate surface area is 164 Å². The van der Waals surface area contributed by atoms with Crippen LogP contribution in [-0.2, 0) is 14.3 Å². The molecule has 27 heavy (non-hydrogen) atoms. The van der Waals surface area contributed by atoms with Crippen molar-refractivity contribution in [3.8, 4) is 0 Å². The van der Waals surface area contributed by atoms with E-state index >= 15 is 0 Å². The van der Waals surface area contributed by atoms with Crippen LogP contribution in [0.3, 0.4) is 0 Å². The number of hydrogen-bond donors (Lipinski definition) is 3. The summed E-state index contributed by atoms with van der Waals surface area (Å²) in [4.78, 5) is 22.7. The second kappa shape index (κ2) is 18.2. The van der Waals surface area contributed by atoms with Crippen molar-refractivity contribution in [2.24, 2.45) is 5.92 Å². The molecule has 160 valence electrons. The monoisotopic (exact) mass is 388 g/mol.